The van der Waals surface area contributed by atoms with E-state index in [1.54, 1.807) is 0 Å². The number of rotatable bonds is 0. The van der Waals surface area contributed by atoms with Gasteiger partial charge in [0.05, 0.1) is 28.3 Å². The van der Waals surface area contributed by atoms with Crippen LogP contribution in [0.5, 0.6) is 0 Å². The molecule has 2 aliphatic carbocycles. The molecule has 0 saturated heterocycles. The van der Waals surface area contributed by atoms with Gasteiger partial charge in [0, 0.05) is 28.7 Å². The number of pyridine rings is 3. The van der Waals surface area contributed by atoms with Crippen molar-refractivity contribution in [3.8, 4) is 22.3 Å². The van der Waals surface area contributed by atoms with Gasteiger partial charge in [0.15, 0.2) is 0 Å². The summed E-state index contributed by atoms with van der Waals surface area (Å²) >= 11 is 0. The van der Waals surface area contributed by atoms with E-state index < -0.39 is 0 Å². The molecule has 3 aromatic carbocycles. The van der Waals surface area contributed by atoms with Crippen LogP contribution in [0.1, 0.15) is 22.3 Å². The van der Waals surface area contributed by atoms with Crippen LogP contribution >= 0.6 is 0 Å². The first-order chi connectivity index (χ1) is 17.4. The number of imidazole rings is 1. The first-order valence-corrected chi connectivity index (χ1v) is 12.0. The van der Waals surface area contributed by atoms with Gasteiger partial charge < -0.3 is 0 Å². The molecule has 35 heavy (non-hydrogen) atoms. The lowest BCUT2D eigenvalue weighted by Crippen LogP contribution is -1.94. The van der Waals surface area contributed by atoms with Crippen LogP contribution in [0.15, 0.2) is 85.3 Å². The SMILES string of the molecule is c1ccc2c(c1)Cc1ccc3c(c1-2)Cc1ccc2nc4c5cccnc5c5ccncc5n4c2c1-3. The quantitative estimate of drug-likeness (QED) is 0.243. The van der Waals surface area contributed by atoms with Crippen LogP contribution in [0.25, 0.3) is 60.7 Å². The first kappa shape index (κ1) is 17.8. The Morgan fingerprint density at radius 3 is 2.60 bits per heavy atom. The number of hydrogen-bond acceptors (Lipinski definition) is 3. The molecular weight excluding hydrogens is 428 g/mol. The van der Waals surface area contributed by atoms with Crippen molar-refractivity contribution in [2.45, 2.75) is 12.8 Å². The third-order valence-corrected chi connectivity index (χ3v) is 7.95. The Balaban J connectivity index is 1.47. The standard InChI is InChI=1S/C31H18N4/c1-2-5-20-17(4-1)14-18-7-9-21-24(27(18)20)15-19-8-10-25-30(28(19)21)35-26-16-32-13-11-22(26)29-23(31(35)34-25)6-3-12-33-29/h1-13,16H,14-15H2. The molecule has 4 heteroatoms. The summed E-state index contributed by atoms with van der Waals surface area (Å²) in [7, 11) is 0. The second-order valence-corrected chi connectivity index (χ2v) is 9.67. The molecule has 0 spiro atoms. The van der Waals surface area contributed by atoms with Gasteiger partial charge in [-0.05, 0) is 76.1 Å². The van der Waals surface area contributed by atoms with Crippen molar-refractivity contribution >= 4 is 38.5 Å². The van der Waals surface area contributed by atoms with Gasteiger partial charge in [-0.15, -0.1) is 0 Å². The summed E-state index contributed by atoms with van der Waals surface area (Å²) in [6.45, 7) is 0. The minimum absolute atomic E-state index is 0.942. The van der Waals surface area contributed by atoms with E-state index in [0.717, 1.165) is 45.8 Å². The summed E-state index contributed by atoms with van der Waals surface area (Å²) < 4.78 is 2.32. The number of aromatic nitrogens is 4. The fourth-order valence-electron chi connectivity index (χ4n) is 6.55. The molecule has 0 bridgehead atoms. The van der Waals surface area contributed by atoms with Gasteiger partial charge in [0.25, 0.3) is 0 Å². The van der Waals surface area contributed by atoms with E-state index in [-0.39, 0.29) is 0 Å². The minimum Gasteiger partial charge on any atom is -0.289 e. The first-order valence-electron chi connectivity index (χ1n) is 12.0. The van der Waals surface area contributed by atoms with Crippen LogP contribution < -0.4 is 0 Å². The lowest BCUT2D eigenvalue weighted by molar-refractivity contribution is 1.23. The number of hydrogen-bond donors (Lipinski definition) is 0. The van der Waals surface area contributed by atoms with Gasteiger partial charge in [-0.3, -0.25) is 14.4 Å². The Morgan fingerprint density at radius 1 is 0.686 bits per heavy atom. The molecular formula is C31H18N4. The zero-order valence-electron chi connectivity index (χ0n) is 18.8. The van der Waals surface area contributed by atoms with E-state index in [1.807, 2.05) is 24.7 Å². The third kappa shape index (κ3) is 2.11. The molecule has 0 N–H and O–H groups in total. The van der Waals surface area contributed by atoms with Gasteiger partial charge in [-0.2, -0.15) is 0 Å². The smallest absolute Gasteiger partial charge is 0.148 e. The summed E-state index contributed by atoms with van der Waals surface area (Å²) in [5, 5.41) is 2.17. The molecule has 0 unspecified atom stereocenters. The second kappa shape index (κ2) is 6.10. The van der Waals surface area contributed by atoms with Crippen molar-refractivity contribution in [3.05, 3.63) is 108 Å². The number of fused-ring (bicyclic) bond motifs is 16. The average molecular weight is 447 g/mol. The Hall–Kier alpha value is -4.57. The lowest BCUT2D eigenvalue weighted by Gasteiger charge is -2.11. The fraction of sp³-hybridized carbons (Fsp3) is 0.0645. The Bertz CT molecular complexity index is 2070. The maximum absolute atomic E-state index is 5.15. The predicted molar refractivity (Wildman–Crippen MR) is 140 cm³/mol. The third-order valence-electron chi connectivity index (χ3n) is 7.95. The molecule has 7 aromatic rings. The van der Waals surface area contributed by atoms with Crippen LogP contribution in [0.4, 0.5) is 0 Å². The molecule has 4 heterocycles. The highest BCUT2D eigenvalue weighted by atomic mass is 15.0. The van der Waals surface area contributed by atoms with E-state index in [1.165, 1.54) is 50.0 Å². The van der Waals surface area contributed by atoms with Gasteiger partial charge in [0.2, 0.25) is 0 Å². The maximum Gasteiger partial charge on any atom is 0.148 e. The van der Waals surface area contributed by atoms with Crippen molar-refractivity contribution in [1.29, 1.82) is 0 Å². The van der Waals surface area contributed by atoms with Crippen molar-refractivity contribution in [3.63, 3.8) is 0 Å². The van der Waals surface area contributed by atoms with Crippen LogP contribution in [0.2, 0.25) is 0 Å². The lowest BCUT2D eigenvalue weighted by atomic mass is 9.95. The van der Waals surface area contributed by atoms with Crippen LogP contribution in [-0.2, 0) is 12.8 Å². The van der Waals surface area contributed by atoms with E-state index in [0.29, 0.717) is 0 Å². The van der Waals surface area contributed by atoms with Crippen molar-refractivity contribution in [2.75, 3.05) is 0 Å². The number of nitrogens with zero attached hydrogens (tertiary/aromatic N) is 4. The van der Waals surface area contributed by atoms with E-state index in [9.17, 15) is 0 Å². The van der Waals surface area contributed by atoms with Crippen LogP contribution in [-0.4, -0.2) is 19.4 Å². The fourth-order valence-corrected chi connectivity index (χ4v) is 6.55. The van der Waals surface area contributed by atoms with Crippen LogP contribution in [0.3, 0.4) is 0 Å². The molecule has 0 radical (unpaired) electrons. The molecule has 0 aliphatic heterocycles. The monoisotopic (exact) mass is 446 g/mol. The molecule has 0 fully saturated rings. The second-order valence-electron chi connectivity index (χ2n) is 9.67. The van der Waals surface area contributed by atoms with E-state index in [4.69, 9.17) is 9.97 Å². The van der Waals surface area contributed by atoms with Crippen LogP contribution in [0, 0.1) is 0 Å². The van der Waals surface area contributed by atoms with Gasteiger partial charge >= 0.3 is 0 Å². The van der Waals surface area contributed by atoms with Crippen molar-refractivity contribution in [1.82, 2.24) is 19.4 Å². The zero-order valence-corrected chi connectivity index (χ0v) is 18.8. The molecule has 162 valence electrons. The molecule has 4 aromatic heterocycles. The Morgan fingerprint density at radius 2 is 1.60 bits per heavy atom. The summed E-state index contributed by atoms with van der Waals surface area (Å²) in [5.74, 6) is 0. The van der Waals surface area contributed by atoms with Gasteiger partial charge in [-0.1, -0.05) is 42.5 Å². The molecule has 9 rings (SSSR count). The summed E-state index contributed by atoms with van der Waals surface area (Å²) in [4.78, 5) is 14.4. The predicted octanol–water partition coefficient (Wildman–Crippen LogP) is 6.73. The highest BCUT2D eigenvalue weighted by Gasteiger charge is 2.30. The molecule has 0 amide bonds. The maximum atomic E-state index is 5.15. The highest BCUT2D eigenvalue weighted by molar-refractivity contribution is 6.13. The molecule has 0 saturated carbocycles. The molecule has 4 nitrogen and oxygen atoms in total. The van der Waals surface area contributed by atoms with Crippen molar-refractivity contribution < 1.29 is 0 Å². The Kier molecular flexibility index (Phi) is 3.11. The average Bonchev–Trinajstić information content (AvgIpc) is 3.59. The Labute approximate surface area is 200 Å². The largest absolute Gasteiger partial charge is 0.289 e. The summed E-state index contributed by atoms with van der Waals surface area (Å²) in [6.07, 6.45) is 7.63. The highest BCUT2D eigenvalue weighted by Crippen LogP contribution is 2.49. The summed E-state index contributed by atoms with van der Waals surface area (Å²) in [6, 6.07) is 24.2. The molecule has 2 aliphatic rings. The zero-order chi connectivity index (χ0) is 22.7. The molecule has 0 atom stereocenters. The van der Waals surface area contributed by atoms with E-state index in [2.05, 4.69) is 70.0 Å². The topological polar surface area (TPSA) is 43.1 Å². The normalized spacial score (nSPS) is 13.5. The number of benzene rings is 3. The van der Waals surface area contributed by atoms with Gasteiger partial charge in [-0.25, -0.2) is 4.98 Å². The van der Waals surface area contributed by atoms with E-state index >= 15 is 0 Å². The minimum atomic E-state index is 0.942. The summed E-state index contributed by atoms with van der Waals surface area (Å²) in [5.41, 5.74) is 16.3. The van der Waals surface area contributed by atoms with Gasteiger partial charge in [0.1, 0.15) is 5.65 Å². The van der Waals surface area contributed by atoms with Crippen molar-refractivity contribution in [2.24, 2.45) is 0 Å².